The Morgan fingerprint density at radius 2 is 1.93 bits per heavy atom. The maximum Gasteiger partial charge on any atom is 0.252 e. The van der Waals surface area contributed by atoms with Crippen LogP contribution in [0.4, 0.5) is 0 Å². The first-order valence-corrected chi connectivity index (χ1v) is 9.46. The fraction of sp³-hybridized carbons (Fsp3) is 0.333. The van der Waals surface area contributed by atoms with Crippen LogP contribution in [0.3, 0.4) is 0 Å². The number of hydrogen-bond acceptors (Lipinski definition) is 4. The van der Waals surface area contributed by atoms with Gasteiger partial charge in [-0.15, -0.1) is 0 Å². The summed E-state index contributed by atoms with van der Waals surface area (Å²) >= 11 is 0. The van der Waals surface area contributed by atoms with E-state index in [0.717, 1.165) is 35.2 Å². The van der Waals surface area contributed by atoms with Crippen LogP contribution in [0.25, 0.3) is 11.0 Å². The molecule has 0 saturated heterocycles. The molecular formula is C21H23N5O2. The lowest BCUT2D eigenvalue weighted by Crippen LogP contribution is -2.36. The molecule has 1 aromatic carbocycles. The number of benzene rings is 1. The molecule has 0 atom stereocenters. The fourth-order valence-electron chi connectivity index (χ4n) is 3.35. The largest absolute Gasteiger partial charge is 0.350 e. The topological polar surface area (TPSA) is 88.9 Å². The Bertz CT molecular complexity index is 1040. The molecule has 144 valence electrons. The molecule has 0 radical (unpaired) electrons. The molecule has 0 unspecified atom stereocenters. The van der Waals surface area contributed by atoms with Crippen molar-refractivity contribution in [3.8, 4) is 0 Å². The lowest BCUT2D eigenvalue weighted by molar-refractivity contribution is -0.120. The van der Waals surface area contributed by atoms with Gasteiger partial charge in [0.25, 0.3) is 5.91 Å². The summed E-state index contributed by atoms with van der Waals surface area (Å²) in [7, 11) is 1.83. The standard InChI is InChI=1S/C21H23N5O2/c1-13-19-16(10-17(15-8-9-15)24-20(19)26(2)25-13)21(28)23-12-18(27)22-11-14-6-4-3-5-7-14/h3-7,10,15H,8-9,11-12H2,1-2H3,(H,22,27)(H,23,28). The Hall–Kier alpha value is -3.22. The van der Waals surface area contributed by atoms with Gasteiger partial charge in [0, 0.05) is 25.2 Å². The highest BCUT2D eigenvalue weighted by Crippen LogP contribution is 2.40. The number of carbonyl (C=O) groups excluding carboxylic acids is 2. The lowest BCUT2D eigenvalue weighted by Gasteiger charge is -2.09. The number of pyridine rings is 1. The van der Waals surface area contributed by atoms with Gasteiger partial charge in [-0.25, -0.2) is 4.98 Å². The van der Waals surface area contributed by atoms with Crippen molar-refractivity contribution in [2.45, 2.75) is 32.2 Å². The summed E-state index contributed by atoms with van der Waals surface area (Å²) < 4.78 is 1.71. The second kappa shape index (κ2) is 7.42. The maximum absolute atomic E-state index is 12.8. The van der Waals surface area contributed by atoms with Crippen LogP contribution < -0.4 is 10.6 Å². The number of rotatable bonds is 6. The Morgan fingerprint density at radius 3 is 2.64 bits per heavy atom. The zero-order valence-electron chi connectivity index (χ0n) is 16.0. The van der Waals surface area contributed by atoms with E-state index in [1.165, 1.54) is 0 Å². The van der Waals surface area contributed by atoms with Crippen molar-refractivity contribution < 1.29 is 9.59 Å². The highest BCUT2D eigenvalue weighted by atomic mass is 16.2. The van der Waals surface area contributed by atoms with Gasteiger partial charge in [0.2, 0.25) is 5.91 Å². The van der Waals surface area contributed by atoms with Crippen LogP contribution in [-0.2, 0) is 18.4 Å². The molecule has 4 rings (SSSR count). The minimum absolute atomic E-state index is 0.0758. The average molecular weight is 377 g/mol. The molecule has 2 aromatic heterocycles. The van der Waals surface area contributed by atoms with Gasteiger partial charge >= 0.3 is 0 Å². The number of aryl methyl sites for hydroxylation is 2. The molecular weight excluding hydrogens is 354 g/mol. The van der Waals surface area contributed by atoms with Crippen molar-refractivity contribution in [2.24, 2.45) is 7.05 Å². The number of carbonyl (C=O) groups is 2. The van der Waals surface area contributed by atoms with Gasteiger partial charge in [-0.05, 0) is 31.4 Å². The van der Waals surface area contributed by atoms with Crippen LogP contribution in [0.1, 0.15) is 46.1 Å². The molecule has 1 aliphatic rings. The number of hydrogen-bond donors (Lipinski definition) is 2. The van der Waals surface area contributed by atoms with Crippen LogP contribution in [0, 0.1) is 6.92 Å². The van der Waals surface area contributed by atoms with E-state index in [1.807, 2.05) is 50.4 Å². The number of fused-ring (bicyclic) bond motifs is 1. The van der Waals surface area contributed by atoms with Gasteiger partial charge in [-0.2, -0.15) is 5.10 Å². The van der Waals surface area contributed by atoms with Gasteiger partial charge in [0.15, 0.2) is 5.65 Å². The number of amides is 2. The average Bonchev–Trinajstić information content (AvgIpc) is 3.51. The van der Waals surface area contributed by atoms with E-state index in [0.29, 0.717) is 23.7 Å². The van der Waals surface area contributed by atoms with Crippen molar-refractivity contribution >= 4 is 22.8 Å². The van der Waals surface area contributed by atoms with E-state index < -0.39 is 0 Å². The summed E-state index contributed by atoms with van der Waals surface area (Å²) in [6, 6.07) is 11.5. The third kappa shape index (κ3) is 3.74. The van der Waals surface area contributed by atoms with Crippen LogP contribution >= 0.6 is 0 Å². The summed E-state index contributed by atoms with van der Waals surface area (Å²) in [4.78, 5) is 29.7. The Balaban J connectivity index is 1.47. The smallest absolute Gasteiger partial charge is 0.252 e. The molecule has 3 aromatic rings. The van der Waals surface area contributed by atoms with Crippen molar-refractivity contribution in [1.82, 2.24) is 25.4 Å². The molecule has 7 nitrogen and oxygen atoms in total. The second-order valence-corrected chi connectivity index (χ2v) is 7.22. The molecule has 7 heteroatoms. The van der Waals surface area contributed by atoms with Crippen LogP contribution in [0.2, 0.25) is 0 Å². The third-order valence-electron chi connectivity index (χ3n) is 4.97. The minimum Gasteiger partial charge on any atom is -0.350 e. The lowest BCUT2D eigenvalue weighted by atomic mass is 10.1. The first kappa shape index (κ1) is 18.2. The van der Waals surface area contributed by atoms with E-state index >= 15 is 0 Å². The molecule has 28 heavy (non-hydrogen) atoms. The quantitative estimate of drug-likeness (QED) is 0.689. The predicted octanol–water partition coefficient (Wildman–Crippen LogP) is 2.20. The monoisotopic (exact) mass is 377 g/mol. The third-order valence-corrected chi connectivity index (χ3v) is 4.97. The zero-order valence-corrected chi connectivity index (χ0v) is 16.0. The molecule has 2 heterocycles. The van der Waals surface area contributed by atoms with Crippen LogP contribution in [-0.4, -0.2) is 33.1 Å². The molecule has 1 aliphatic carbocycles. The minimum atomic E-state index is -0.278. The first-order valence-electron chi connectivity index (χ1n) is 9.46. The molecule has 0 bridgehead atoms. The highest BCUT2D eigenvalue weighted by molar-refractivity contribution is 6.07. The number of nitrogens with zero attached hydrogens (tertiary/aromatic N) is 3. The summed E-state index contributed by atoms with van der Waals surface area (Å²) in [6.45, 7) is 2.22. The Labute approximate surface area is 163 Å². The van der Waals surface area contributed by atoms with Crippen LogP contribution in [0.5, 0.6) is 0 Å². The summed E-state index contributed by atoms with van der Waals surface area (Å²) in [5.74, 6) is -0.0894. The van der Waals surface area contributed by atoms with Gasteiger partial charge in [0.1, 0.15) is 0 Å². The van der Waals surface area contributed by atoms with Gasteiger partial charge in [-0.3, -0.25) is 14.3 Å². The van der Waals surface area contributed by atoms with E-state index in [2.05, 4.69) is 15.7 Å². The van der Waals surface area contributed by atoms with Gasteiger partial charge in [0.05, 0.1) is 23.2 Å². The molecule has 0 spiro atoms. The zero-order chi connectivity index (χ0) is 19.7. The van der Waals surface area contributed by atoms with Crippen molar-refractivity contribution in [3.63, 3.8) is 0 Å². The second-order valence-electron chi connectivity index (χ2n) is 7.22. The van der Waals surface area contributed by atoms with E-state index in [1.54, 1.807) is 4.68 Å². The fourth-order valence-corrected chi connectivity index (χ4v) is 3.35. The first-order chi connectivity index (χ1) is 13.5. The Kier molecular flexibility index (Phi) is 4.81. The molecule has 1 saturated carbocycles. The van der Waals surface area contributed by atoms with Gasteiger partial charge in [-0.1, -0.05) is 30.3 Å². The molecule has 1 fully saturated rings. The normalized spacial score (nSPS) is 13.5. The van der Waals surface area contributed by atoms with E-state index in [9.17, 15) is 9.59 Å². The highest BCUT2D eigenvalue weighted by Gasteiger charge is 2.28. The predicted molar refractivity (Wildman–Crippen MR) is 106 cm³/mol. The number of aromatic nitrogens is 3. The number of nitrogens with one attached hydrogen (secondary N) is 2. The molecule has 2 amide bonds. The summed E-state index contributed by atoms with van der Waals surface area (Å²) in [6.07, 6.45) is 2.19. The van der Waals surface area contributed by atoms with E-state index in [-0.39, 0.29) is 18.4 Å². The summed E-state index contributed by atoms with van der Waals surface area (Å²) in [5, 5.41) is 10.7. The van der Waals surface area contributed by atoms with Crippen molar-refractivity contribution in [1.29, 1.82) is 0 Å². The van der Waals surface area contributed by atoms with Crippen LogP contribution in [0.15, 0.2) is 36.4 Å². The van der Waals surface area contributed by atoms with E-state index in [4.69, 9.17) is 4.98 Å². The van der Waals surface area contributed by atoms with Crippen molar-refractivity contribution in [2.75, 3.05) is 6.54 Å². The molecule has 0 aliphatic heterocycles. The molecule has 2 N–H and O–H groups in total. The Morgan fingerprint density at radius 1 is 1.18 bits per heavy atom. The van der Waals surface area contributed by atoms with Crippen molar-refractivity contribution in [3.05, 3.63) is 58.9 Å². The van der Waals surface area contributed by atoms with Gasteiger partial charge < -0.3 is 10.6 Å². The summed E-state index contributed by atoms with van der Waals surface area (Å²) in [5.41, 5.74) is 3.94. The SMILES string of the molecule is Cc1nn(C)c2nc(C3CC3)cc(C(=O)NCC(=O)NCc3ccccc3)c12. The maximum atomic E-state index is 12.8.